The van der Waals surface area contributed by atoms with Crippen molar-refractivity contribution in [2.45, 2.75) is 6.18 Å². The third-order valence-corrected chi connectivity index (χ3v) is 3.23. The van der Waals surface area contributed by atoms with E-state index in [1.54, 1.807) is 0 Å². The summed E-state index contributed by atoms with van der Waals surface area (Å²) in [5.41, 5.74) is 0.00546. The van der Waals surface area contributed by atoms with Gasteiger partial charge in [0.05, 0.1) is 4.47 Å². The summed E-state index contributed by atoms with van der Waals surface area (Å²) >= 11 is 6.04. The number of carbonyl (C=O) groups is 1. The Balaban J connectivity index is 2.95. The highest BCUT2D eigenvalue weighted by molar-refractivity contribution is 9.10. The minimum atomic E-state index is -4.46. The van der Waals surface area contributed by atoms with Gasteiger partial charge in [-0.2, -0.15) is 13.2 Å². The topological polar surface area (TPSA) is 40.5 Å². The van der Waals surface area contributed by atoms with E-state index in [-0.39, 0.29) is 23.2 Å². The Labute approximate surface area is 124 Å². The number of amides is 1. The average molecular weight is 405 g/mol. The molecule has 0 bridgehead atoms. The molecule has 0 aliphatic rings. The monoisotopic (exact) mass is 403 g/mol. The molecule has 1 N–H and O–H groups in total. The van der Waals surface area contributed by atoms with E-state index in [4.69, 9.17) is 0 Å². The van der Waals surface area contributed by atoms with E-state index in [9.17, 15) is 23.1 Å². The zero-order valence-electron chi connectivity index (χ0n) is 9.55. The van der Waals surface area contributed by atoms with Gasteiger partial charge in [-0.25, -0.2) is 0 Å². The number of alkyl halides is 4. The summed E-state index contributed by atoms with van der Waals surface area (Å²) in [6, 6.07) is 3.89. The molecule has 0 fully saturated rings. The quantitative estimate of drug-likeness (QED) is 0.779. The van der Waals surface area contributed by atoms with Crippen LogP contribution in [0.3, 0.4) is 0 Å². The molecule has 0 radical (unpaired) electrons. The highest BCUT2D eigenvalue weighted by atomic mass is 79.9. The summed E-state index contributed by atoms with van der Waals surface area (Å²) in [7, 11) is 0. The van der Waals surface area contributed by atoms with Crippen LogP contribution in [0, 0.1) is 0 Å². The first-order chi connectivity index (χ1) is 8.74. The van der Waals surface area contributed by atoms with Gasteiger partial charge in [0.25, 0.3) is 5.91 Å². The van der Waals surface area contributed by atoms with Gasteiger partial charge in [-0.3, -0.25) is 4.79 Å². The van der Waals surface area contributed by atoms with Crippen LogP contribution in [-0.4, -0.2) is 40.5 Å². The lowest BCUT2D eigenvalue weighted by Crippen LogP contribution is -2.40. The molecule has 0 saturated carbocycles. The standard InChI is InChI=1S/C11H10Br2F3NO2/c12-3-4-17(6-11(14,15)16)10(19)7-1-2-8(13)9(18)5-7/h1-2,5,18H,3-4,6H2. The number of halogens is 5. The van der Waals surface area contributed by atoms with E-state index < -0.39 is 18.6 Å². The molecule has 106 valence electrons. The SMILES string of the molecule is O=C(c1ccc(Br)c(O)c1)N(CCBr)CC(F)(F)F. The fourth-order valence-corrected chi connectivity index (χ4v) is 2.07. The first-order valence-corrected chi connectivity index (χ1v) is 7.06. The van der Waals surface area contributed by atoms with Crippen molar-refractivity contribution in [1.29, 1.82) is 0 Å². The molecule has 3 nitrogen and oxygen atoms in total. The van der Waals surface area contributed by atoms with Crippen molar-refractivity contribution in [3.05, 3.63) is 28.2 Å². The summed E-state index contributed by atoms with van der Waals surface area (Å²) in [4.78, 5) is 12.6. The maximum atomic E-state index is 12.4. The fourth-order valence-electron chi connectivity index (χ4n) is 1.40. The van der Waals surface area contributed by atoms with Crippen LogP contribution in [0.5, 0.6) is 5.75 Å². The molecule has 0 unspecified atom stereocenters. The molecule has 1 rings (SSSR count). The van der Waals surface area contributed by atoms with Gasteiger partial charge in [0, 0.05) is 17.4 Å². The van der Waals surface area contributed by atoms with Crippen molar-refractivity contribution in [3.63, 3.8) is 0 Å². The number of benzene rings is 1. The Morgan fingerprint density at radius 2 is 2.00 bits per heavy atom. The van der Waals surface area contributed by atoms with Crippen LogP contribution < -0.4 is 0 Å². The second-order valence-corrected chi connectivity index (χ2v) is 5.34. The van der Waals surface area contributed by atoms with Crippen LogP contribution in [0.4, 0.5) is 13.2 Å². The molecule has 19 heavy (non-hydrogen) atoms. The van der Waals surface area contributed by atoms with Crippen molar-refractivity contribution in [1.82, 2.24) is 4.90 Å². The minimum Gasteiger partial charge on any atom is -0.507 e. The summed E-state index contributed by atoms with van der Waals surface area (Å²) in [6.45, 7) is -1.40. The number of aromatic hydroxyl groups is 1. The first kappa shape index (κ1) is 16.3. The van der Waals surface area contributed by atoms with Gasteiger partial charge in [-0.1, -0.05) is 15.9 Å². The fraction of sp³-hybridized carbons (Fsp3) is 0.364. The maximum absolute atomic E-state index is 12.4. The van der Waals surface area contributed by atoms with E-state index in [2.05, 4.69) is 31.9 Å². The van der Waals surface area contributed by atoms with Crippen molar-refractivity contribution in [2.75, 3.05) is 18.4 Å². The Morgan fingerprint density at radius 1 is 1.37 bits per heavy atom. The lowest BCUT2D eigenvalue weighted by molar-refractivity contribution is -0.140. The van der Waals surface area contributed by atoms with Crippen molar-refractivity contribution < 1.29 is 23.1 Å². The van der Waals surface area contributed by atoms with Crippen LogP contribution in [0.25, 0.3) is 0 Å². The second-order valence-electron chi connectivity index (χ2n) is 3.70. The van der Waals surface area contributed by atoms with E-state index in [0.717, 1.165) is 6.07 Å². The summed E-state index contributed by atoms with van der Waals surface area (Å²) in [5.74, 6) is -0.976. The number of phenolic OH excluding ortho intramolecular Hbond substituents is 1. The highest BCUT2D eigenvalue weighted by Gasteiger charge is 2.33. The van der Waals surface area contributed by atoms with Gasteiger partial charge in [-0.05, 0) is 34.1 Å². The van der Waals surface area contributed by atoms with Gasteiger partial charge in [-0.15, -0.1) is 0 Å². The first-order valence-electron chi connectivity index (χ1n) is 5.15. The number of hydrogen-bond donors (Lipinski definition) is 1. The Kier molecular flexibility index (Phi) is 5.66. The third-order valence-electron chi connectivity index (χ3n) is 2.20. The lowest BCUT2D eigenvalue weighted by Gasteiger charge is -2.23. The van der Waals surface area contributed by atoms with Crippen LogP contribution >= 0.6 is 31.9 Å². The van der Waals surface area contributed by atoms with Crippen molar-refractivity contribution >= 4 is 37.8 Å². The van der Waals surface area contributed by atoms with Gasteiger partial charge in [0.2, 0.25) is 0 Å². The van der Waals surface area contributed by atoms with Crippen LogP contribution in [-0.2, 0) is 0 Å². The Hall–Kier alpha value is -0.760. The Morgan fingerprint density at radius 3 is 2.47 bits per heavy atom. The molecule has 0 atom stereocenters. The summed E-state index contributed by atoms with van der Waals surface area (Å²) in [6.07, 6.45) is -4.46. The number of phenols is 1. The number of nitrogens with zero attached hydrogens (tertiary/aromatic N) is 1. The zero-order valence-corrected chi connectivity index (χ0v) is 12.7. The van der Waals surface area contributed by atoms with Gasteiger partial charge in [0.15, 0.2) is 0 Å². The van der Waals surface area contributed by atoms with Crippen LogP contribution in [0.15, 0.2) is 22.7 Å². The maximum Gasteiger partial charge on any atom is 0.406 e. The molecule has 0 aromatic heterocycles. The molecule has 1 amide bonds. The molecule has 0 heterocycles. The van der Waals surface area contributed by atoms with Crippen molar-refractivity contribution in [3.8, 4) is 5.75 Å². The minimum absolute atomic E-state index is 0.00546. The van der Waals surface area contributed by atoms with Gasteiger partial charge < -0.3 is 10.0 Å². The largest absolute Gasteiger partial charge is 0.507 e. The van der Waals surface area contributed by atoms with E-state index in [1.165, 1.54) is 12.1 Å². The smallest absolute Gasteiger partial charge is 0.406 e. The van der Waals surface area contributed by atoms with E-state index in [1.807, 2.05) is 0 Å². The molecular formula is C11H10Br2F3NO2. The molecule has 0 aliphatic heterocycles. The normalized spacial score (nSPS) is 11.4. The van der Waals surface area contributed by atoms with E-state index in [0.29, 0.717) is 9.37 Å². The summed E-state index contributed by atoms with van der Waals surface area (Å²) in [5, 5.41) is 9.68. The number of carbonyl (C=O) groups excluding carboxylic acids is 1. The van der Waals surface area contributed by atoms with Gasteiger partial charge in [0.1, 0.15) is 12.3 Å². The van der Waals surface area contributed by atoms with Gasteiger partial charge >= 0.3 is 6.18 Å². The molecule has 0 saturated heterocycles. The Bertz CT molecular complexity index is 466. The lowest BCUT2D eigenvalue weighted by atomic mass is 10.2. The zero-order chi connectivity index (χ0) is 14.6. The van der Waals surface area contributed by atoms with E-state index >= 15 is 0 Å². The predicted octanol–water partition coefficient (Wildman–Crippen LogP) is 3.55. The number of hydrogen-bond acceptors (Lipinski definition) is 2. The highest BCUT2D eigenvalue weighted by Crippen LogP contribution is 2.25. The predicted molar refractivity (Wildman–Crippen MR) is 71.6 cm³/mol. The molecule has 8 heteroatoms. The van der Waals surface area contributed by atoms with Crippen LogP contribution in [0.2, 0.25) is 0 Å². The second kappa shape index (κ2) is 6.60. The average Bonchev–Trinajstić information content (AvgIpc) is 2.29. The molecule has 1 aromatic rings. The number of rotatable bonds is 4. The molecule has 1 aromatic carbocycles. The third kappa shape index (κ3) is 5.02. The molecular weight excluding hydrogens is 395 g/mol. The molecule has 0 aliphatic carbocycles. The van der Waals surface area contributed by atoms with Crippen molar-refractivity contribution in [2.24, 2.45) is 0 Å². The summed E-state index contributed by atoms with van der Waals surface area (Å²) < 4.78 is 37.5. The molecule has 0 spiro atoms. The van der Waals surface area contributed by atoms with Crippen LogP contribution in [0.1, 0.15) is 10.4 Å².